The first-order chi connectivity index (χ1) is 8.99. The zero-order valence-corrected chi connectivity index (χ0v) is 13.3. The third-order valence-electron chi connectivity index (χ3n) is 2.36. The first-order valence-corrected chi connectivity index (χ1v) is 7.16. The largest absolute Gasteiger partial charge is 0.320 e. The highest BCUT2D eigenvalue weighted by molar-refractivity contribution is 9.11. The van der Waals surface area contributed by atoms with Crippen LogP contribution in [0.2, 0.25) is 5.02 Å². The van der Waals surface area contributed by atoms with Crippen molar-refractivity contribution >= 4 is 55.1 Å². The van der Waals surface area contributed by atoms with E-state index in [0.717, 1.165) is 6.07 Å². The molecule has 2 nitrogen and oxygen atoms in total. The number of amides is 1. The molecule has 0 aliphatic rings. The zero-order chi connectivity index (χ0) is 14.0. The van der Waals surface area contributed by atoms with E-state index in [1.807, 2.05) is 6.07 Å². The van der Waals surface area contributed by atoms with Gasteiger partial charge in [0, 0.05) is 8.95 Å². The molecule has 0 heterocycles. The quantitative estimate of drug-likeness (QED) is 0.723. The summed E-state index contributed by atoms with van der Waals surface area (Å²) in [6.07, 6.45) is 0. The minimum Gasteiger partial charge on any atom is -0.320 e. The van der Waals surface area contributed by atoms with E-state index >= 15 is 0 Å². The topological polar surface area (TPSA) is 29.1 Å². The van der Waals surface area contributed by atoms with Gasteiger partial charge in [-0.2, -0.15) is 0 Å². The maximum Gasteiger partial charge on any atom is 0.256 e. The molecule has 0 saturated carbocycles. The van der Waals surface area contributed by atoms with Gasteiger partial charge in [-0.1, -0.05) is 23.7 Å². The minimum absolute atomic E-state index is 0.132. The molecular formula is C13H7Br2ClFNO. The van der Waals surface area contributed by atoms with E-state index in [9.17, 15) is 9.18 Å². The van der Waals surface area contributed by atoms with Gasteiger partial charge >= 0.3 is 0 Å². The maximum absolute atomic E-state index is 13.1. The van der Waals surface area contributed by atoms with Crippen LogP contribution in [0.4, 0.5) is 10.1 Å². The van der Waals surface area contributed by atoms with Gasteiger partial charge in [-0.15, -0.1) is 0 Å². The number of nitrogens with one attached hydrogen (secondary N) is 1. The molecular weight excluding hydrogens is 400 g/mol. The molecule has 0 fully saturated rings. The molecule has 0 spiro atoms. The van der Waals surface area contributed by atoms with E-state index in [1.54, 1.807) is 18.2 Å². The lowest BCUT2D eigenvalue weighted by Crippen LogP contribution is -2.13. The summed E-state index contributed by atoms with van der Waals surface area (Å²) in [5, 5.41) is 2.78. The SMILES string of the molecule is O=C(Nc1c(Cl)cc(F)cc1Br)c1ccccc1Br. The Bertz CT molecular complexity index is 625. The Labute approximate surface area is 131 Å². The van der Waals surface area contributed by atoms with Gasteiger partial charge in [0.25, 0.3) is 5.91 Å². The fourth-order valence-corrected chi connectivity index (χ4v) is 2.85. The van der Waals surface area contributed by atoms with Crippen molar-refractivity contribution in [1.82, 2.24) is 0 Å². The highest BCUT2D eigenvalue weighted by atomic mass is 79.9. The summed E-state index contributed by atoms with van der Waals surface area (Å²) >= 11 is 12.4. The van der Waals surface area contributed by atoms with E-state index < -0.39 is 5.82 Å². The number of halogens is 4. The first kappa shape index (κ1) is 14.5. The fraction of sp³-hybridized carbons (Fsp3) is 0. The smallest absolute Gasteiger partial charge is 0.256 e. The molecule has 1 N–H and O–H groups in total. The highest BCUT2D eigenvalue weighted by Gasteiger charge is 2.14. The van der Waals surface area contributed by atoms with Crippen molar-refractivity contribution in [1.29, 1.82) is 0 Å². The minimum atomic E-state index is -0.476. The first-order valence-electron chi connectivity index (χ1n) is 5.19. The molecule has 19 heavy (non-hydrogen) atoms. The molecule has 0 aromatic heterocycles. The van der Waals surface area contributed by atoms with E-state index in [1.165, 1.54) is 6.07 Å². The highest BCUT2D eigenvalue weighted by Crippen LogP contribution is 2.32. The molecule has 0 bridgehead atoms. The number of carbonyl (C=O) groups excluding carboxylic acids is 1. The predicted octanol–water partition coefficient (Wildman–Crippen LogP) is 5.26. The predicted molar refractivity (Wildman–Crippen MR) is 81.2 cm³/mol. The van der Waals surface area contributed by atoms with Crippen LogP contribution in [0, 0.1) is 5.82 Å². The Balaban J connectivity index is 2.32. The van der Waals surface area contributed by atoms with Crippen molar-refractivity contribution in [2.75, 3.05) is 5.32 Å². The van der Waals surface area contributed by atoms with Crippen LogP contribution in [0.5, 0.6) is 0 Å². The molecule has 2 rings (SSSR count). The van der Waals surface area contributed by atoms with Crippen molar-refractivity contribution in [2.45, 2.75) is 0 Å². The van der Waals surface area contributed by atoms with Gasteiger partial charge in [0.1, 0.15) is 5.82 Å². The molecule has 1 amide bonds. The number of rotatable bonds is 2. The molecule has 6 heteroatoms. The number of hydrogen-bond acceptors (Lipinski definition) is 1. The third-order valence-corrected chi connectivity index (χ3v) is 3.98. The Morgan fingerprint density at radius 2 is 1.84 bits per heavy atom. The molecule has 2 aromatic carbocycles. The molecule has 0 aliphatic heterocycles. The van der Waals surface area contributed by atoms with Gasteiger partial charge in [-0.05, 0) is 56.1 Å². The molecule has 0 radical (unpaired) electrons. The monoisotopic (exact) mass is 405 g/mol. The summed E-state index contributed by atoms with van der Waals surface area (Å²) in [5.41, 5.74) is 0.804. The van der Waals surface area contributed by atoms with E-state index in [4.69, 9.17) is 11.6 Å². The van der Waals surface area contributed by atoms with Gasteiger partial charge in [0.05, 0.1) is 16.3 Å². The summed E-state index contributed by atoms with van der Waals surface area (Å²) in [6.45, 7) is 0. The Kier molecular flexibility index (Phi) is 4.60. The van der Waals surface area contributed by atoms with Gasteiger partial charge in [0.15, 0.2) is 0 Å². The van der Waals surface area contributed by atoms with Crippen molar-refractivity contribution in [3.8, 4) is 0 Å². The van der Waals surface area contributed by atoms with Crippen molar-refractivity contribution < 1.29 is 9.18 Å². The lowest BCUT2D eigenvalue weighted by molar-refractivity contribution is 0.102. The van der Waals surface area contributed by atoms with Gasteiger partial charge < -0.3 is 5.32 Å². The van der Waals surface area contributed by atoms with Gasteiger partial charge in [-0.3, -0.25) is 4.79 Å². The van der Waals surface area contributed by atoms with Crippen LogP contribution in [-0.4, -0.2) is 5.91 Å². The number of hydrogen-bond donors (Lipinski definition) is 1. The van der Waals surface area contributed by atoms with Crippen LogP contribution in [0.25, 0.3) is 0 Å². The van der Waals surface area contributed by atoms with Crippen LogP contribution in [0.3, 0.4) is 0 Å². The van der Waals surface area contributed by atoms with Crippen LogP contribution >= 0.6 is 43.5 Å². The van der Waals surface area contributed by atoms with Crippen LogP contribution in [-0.2, 0) is 0 Å². The van der Waals surface area contributed by atoms with Crippen molar-refractivity contribution in [2.24, 2.45) is 0 Å². The standard InChI is InChI=1S/C13H7Br2ClFNO/c14-9-4-2-1-3-8(9)13(19)18-12-10(15)5-7(17)6-11(12)16/h1-6H,(H,18,19). The molecule has 98 valence electrons. The van der Waals surface area contributed by atoms with Gasteiger partial charge in [0.2, 0.25) is 0 Å². The van der Waals surface area contributed by atoms with Crippen molar-refractivity contribution in [3.05, 3.63) is 61.7 Å². The average molecular weight is 407 g/mol. The molecule has 0 unspecified atom stereocenters. The van der Waals surface area contributed by atoms with E-state index in [0.29, 0.717) is 20.2 Å². The summed E-state index contributed by atoms with van der Waals surface area (Å²) < 4.78 is 14.2. The molecule has 0 atom stereocenters. The molecule has 2 aromatic rings. The summed E-state index contributed by atoms with van der Waals surface area (Å²) in [6, 6.07) is 9.37. The lowest BCUT2D eigenvalue weighted by atomic mass is 10.2. The lowest BCUT2D eigenvalue weighted by Gasteiger charge is -2.10. The summed E-state index contributed by atoms with van der Waals surface area (Å²) in [7, 11) is 0. The van der Waals surface area contributed by atoms with E-state index in [2.05, 4.69) is 37.2 Å². The normalized spacial score (nSPS) is 10.3. The average Bonchev–Trinajstić information content (AvgIpc) is 2.34. The molecule has 0 aliphatic carbocycles. The van der Waals surface area contributed by atoms with E-state index in [-0.39, 0.29) is 10.9 Å². The number of benzene rings is 2. The molecule has 0 saturated heterocycles. The maximum atomic E-state index is 13.1. The Hall–Kier alpha value is -0.910. The third kappa shape index (κ3) is 3.35. The van der Waals surface area contributed by atoms with Crippen LogP contribution in [0.1, 0.15) is 10.4 Å². The summed E-state index contributed by atoms with van der Waals surface area (Å²) in [5.74, 6) is -0.808. The second-order valence-corrected chi connectivity index (χ2v) is 5.79. The Morgan fingerprint density at radius 3 is 2.47 bits per heavy atom. The van der Waals surface area contributed by atoms with Crippen molar-refractivity contribution in [3.63, 3.8) is 0 Å². The Morgan fingerprint density at radius 1 is 1.16 bits per heavy atom. The fourth-order valence-electron chi connectivity index (χ4n) is 1.49. The summed E-state index contributed by atoms with van der Waals surface area (Å²) in [4.78, 5) is 12.1. The zero-order valence-electron chi connectivity index (χ0n) is 9.38. The van der Waals surface area contributed by atoms with Gasteiger partial charge in [-0.25, -0.2) is 4.39 Å². The number of anilines is 1. The second-order valence-electron chi connectivity index (χ2n) is 3.68. The second kappa shape index (κ2) is 6.03. The number of carbonyl (C=O) groups is 1. The van der Waals surface area contributed by atoms with Crippen LogP contribution in [0.15, 0.2) is 45.3 Å². The van der Waals surface area contributed by atoms with Crippen LogP contribution < -0.4 is 5.32 Å².